The quantitative estimate of drug-likeness (QED) is 0.505. The lowest BCUT2D eigenvalue weighted by Crippen LogP contribution is -2.53. The molecule has 0 spiro atoms. The van der Waals surface area contributed by atoms with Crippen molar-refractivity contribution >= 4 is 7.28 Å². The lowest BCUT2D eigenvalue weighted by atomic mass is 9.42. The third-order valence-corrected chi connectivity index (χ3v) is 9.40. The molecule has 4 saturated carbocycles. The molecular weight excluding hydrogens is 263 g/mol. The van der Waals surface area contributed by atoms with Crippen molar-refractivity contribution in [1.82, 2.24) is 0 Å². The smallest absolute Gasteiger partial charge is 0.0917 e. The average Bonchev–Trinajstić information content (AvgIpc) is 2.84. The second-order valence-corrected chi connectivity index (χ2v) is 10.1. The highest BCUT2D eigenvalue weighted by Crippen LogP contribution is 2.68. The van der Waals surface area contributed by atoms with Gasteiger partial charge in [0.25, 0.3) is 0 Å². The van der Waals surface area contributed by atoms with E-state index in [-0.39, 0.29) is 0 Å². The summed E-state index contributed by atoms with van der Waals surface area (Å²) < 4.78 is 0. The highest BCUT2D eigenvalue weighted by Gasteiger charge is 2.59. The largest absolute Gasteiger partial charge is 0.110 e. The molecule has 123 valence electrons. The van der Waals surface area contributed by atoms with Crippen molar-refractivity contribution in [3.8, 4) is 0 Å². The maximum atomic E-state index is 2.71. The first-order valence-corrected chi connectivity index (χ1v) is 10.3. The molecule has 22 heavy (non-hydrogen) atoms. The van der Waals surface area contributed by atoms with Crippen LogP contribution in [0.25, 0.3) is 0 Å². The fourth-order valence-electron chi connectivity index (χ4n) is 8.06. The van der Waals surface area contributed by atoms with Gasteiger partial charge in [0, 0.05) is 0 Å². The van der Waals surface area contributed by atoms with Gasteiger partial charge in [-0.05, 0) is 78.9 Å². The molecule has 4 aliphatic carbocycles. The van der Waals surface area contributed by atoms with Crippen LogP contribution in [0.3, 0.4) is 0 Å². The minimum Gasteiger partial charge on any atom is -0.0917 e. The number of rotatable bonds is 1. The third kappa shape index (κ3) is 2.02. The van der Waals surface area contributed by atoms with E-state index in [2.05, 4.69) is 34.9 Å². The zero-order chi connectivity index (χ0) is 15.5. The van der Waals surface area contributed by atoms with E-state index in [0.717, 1.165) is 35.4 Å². The minimum atomic E-state index is 0.654. The molecule has 0 aromatic rings. The molecule has 0 saturated heterocycles. The van der Waals surface area contributed by atoms with Crippen molar-refractivity contribution in [2.24, 2.45) is 40.4 Å². The van der Waals surface area contributed by atoms with Crippen LogP contribution in [-0.4, -0.2) is 7.28 Å². The summed E-state index contributed by atoms with van der Waals surface area (Å²) in [7, 11) is 2.55. The number of hydrogen-bond donors (Lipinski definition) is 0. The molecule has 0 aliphatic heterocycles. The molecule has 0 amide bonds. The van der Waals surface area contributed by atoms with Crippen LogP contribution in [0.1, 0.15) is 78.6 Å². The van der Waals surface area contributed by atoms with Gasteiger partial charge >= 0.3 is 0 Å². The second-order valence-electron chi connectivity index (χ2n) is 10.1. The van der Waals surface area contributed by atoms with Gasteiger partial charge in [-0.15, -0.1) is 0 Å². The van der Waals surface area contributed by atoms with Crippen molar-refractivity contribution in [2.75, 3.05) is 0 Å². The fraction of sp³-hybridized carbons (Fsp3) is 1.00. The van der Waals surface area contributed by atoms with Gasteiger partial charge in [-0.2, -0.15) is 0 Å². The van der Waals surface area contributed by atoms with Crippen LogP contribution in [0.15, 0.2) is 0 Å². The molecule has 0 heterocycles. The first-order valence-electron chi connectivity index (χ1n) is 10.3. The Hall–Kier alpha value is 0.0649. The zero-order valence-corrected chi connectivity index (χ0v) is 15.4. The molecule has 0 nitrogen and oxygen atoms in total. The second kappa shape index (κ2) is 5.28. The van der Waals surface area contributed by atoms with E-state index in [4.69, 9.17) is 0 Å². The summed E-state index contributed by atoms with van der Waals surface area (Å²) in [6.07, 6.45) is 13.8. The number of fused-ring (bicyclic) bond motifs is 5. The summed E-state index contributed by atoms with van der Waals surface area (Å²) in [6, 6.07) is 0. The highest BCUT2D eigenvalue weighted by atomic mass is 14.6. The van der Waals surface area contributed by atoms with Crippen molar-refractivity contribution < 1.29 is 0 Å². The molecule has 4 aliphatic rings. The van der Waals surface area contributed by atoms with E-state index in [1.54, 1.807) is 19.3 Å². The van der Waals surface area contributed by atoms with Gasteiger partial charge in [0.2, 0.25) is 0 Å². The van der Waals surface area contributed by atoms with Gasteiger partial charge in [0.1, 0.15) is 7.28 Å². The summed E-state index contributed by atoms with van der Waals surface area (Å²) in [5.74, 6) is 6.14. The van der Waals surface area contributed by atoms with Gasteiger partial charge in [-0.3, -0.25) is 0 Å². The zero-order valence-electron chi connectivity index (χ0n) is 15.4. The van der Waals surface area contributed by atoms with Crippen molar-refractivity contribution in [2.45, 2.75) is 91.2 Å². The monoisotopic (exact) mass is 299 g/mol. The Morgan fingerprint density at radius 3 is 2.32 bits per heavy atom. The first kappa shape index (κ1) is 15.6. The van der Waals surface area contributed by atoms with Gasteiger partial charge < -0.3 is 0 Å². The molecule has 8 unspecified atom stereocenters. The molecule has 4 fully saturated rings. The lowest BCUT2D eigenvalue weighted by Gasteiger charge is -2.61. The SMILES string of the molecule is C[B]C1CCC2C3CCC4CC(C)CCC4(C)C3CCC12C. The molecule has 0 aromatic heterocycles. The molecule has 0 aromatic carbocycles. The highest BCUT2D eigenvalue weighted by molar-refractivity contribution is 6.36. The van der Waals surface area contributed by atoms with Crippen molar-refractivity contribution in [1.29, 1.82) is 0 Å². The van der Waals surface area contributed by atoms with Crippen LogP contribution < -0.4 is 0 Å². The molecular formula is C21H36B. The van der Waals surface area contributed by atoms with E-state index in [1.807, 2.05) is 0 Å². The predicted molar refractivity (Wildman–Crippen MR) is 96.3 cm³/mol. The minimum absolute atomic E-state index is 0.654. The van der Waals surface area contributed by atoms with E-state index >= 15 is 0 Å². The van der Waals surface area contributed by atoms with E-state index < -0.39 is 0 Å². The average molecular weight is 299 g/mol. The summed E-state index contributed by atoms with van der Waals surface area (Å²) in [6.45, 7) is 10.2. The van der Waals surface area contributed by atoms with Crippen LogP contribution in [0.4, 0.5) is 0 Å². The van der Waals surface area contributed by atoms with Crippen molar-refractivity contribution in [3.05, 3.63) is 0 Å². The van der Waals surface area contributed by atoms with E-state index in [0.29, 0.717) is 10.8 Å². The third-order valence-electron chi connectivity index (χ3n) is 9.40. The van der Waals surface area contributed by atoms with Crippen LogP contribution in [0.2, 0.25) is 12.6 Å². The standard InChI is InChI=1S/C21H36B/c1-14-9-11-20(2)15(13-14)5-6-16-17-7-8-19(22-4)21(17,3)12-10-18(16)20/h14-19H,5-13H2,1-4H3. The fourth-order valence-corrected chi connectivity index (χ4v) is 8.06. The van der Waals surface area contributed by atoms with Crippen LogP contribution in [0, 0.1) is 40.4 Å². The summed E-state index contributed by atoms with van der Waals surface area (Å²) in [5.41, 5.74) is 1.35. The molecule has 4 rings (SSSR count). The Balaban J connectivity index is 1.61. The molecule has 1 radical (unpaired) electrons. The Morgan fingerprint density at radius 1 is 0.818 bits per heavy atom. The molecule has 0 bridgehead atoms. The van der Waals surface area contributed by atoms with E-state index in [9.17, 15) is 0 Å². The summed E-state index contributed by atoms with van der Waals surface area (Å²) in [4.78, 5) is 0. The van der Waals surface area contributed by atoms with Crippen LogP contribution in [0.5, 0.6) is 0 Å². The van der Waals surface area contributed by atoms with Crippen molar-refractivity contribution in [3.63, 3.8) is 0 Å². The lowest BCUT2D eigenvalue weighted by molar-refractivity contribution is -0.110. The topological polar surface area (TPSA) is 0 Å². The van der Waals surface area contributed by atoms with Gasteiger partial charge in [-0.1, -0.05) is 52.7 Å². The van der Waals surface area contributed by atoms with E-state index in [1.165, 1.54) is 38.5 Å². The summed E-state index contributed by atoms with van der Waals surface area (Å²) in [5, 5.41) is 0. The molecule has 1 heteroatoms. The maximum absolute atomic E-state index is 2.71. The number of hydrogen-bond acceptors (Lipinski definition) is 0. The maximum Gasteiger partial charge on any atom is 0.110 e. The Morgan fingerprint density at radius 2 is 1.55 bits per heavy atom. The first-order chi connectivity index (χ1) is 10.5. The Kier molecular flexibility index (Phi) is 3.74. The summed E-state index contributed by atoms with van der Waals surface area (Å²) >= 11 is 0. The normalized spacial score (nSPS) is 57.6. The predicted octanol–water partition coefficient (Wildman–Crippen LogP) is 6.21. The Bertz CT molecular complexity index is 432. The Labute approximate surface area is 139 Å². The molecule has 0 N–H and O–H groups in total. The van der Waals surface area contributed by atoms with Crippen LogP contribution in [-0.2, 0) is 0 Å². The van der Waals surface area contributed by atoms with Crippen LogP contribution >= 0.6 is 0 Å². The van der Waals surface area contributed by atoms with Gasteiger partial charge in [0.05, 0.1) is 0 Å². The molecule has 8 atom stereocenters. The van der Waals surface area contributed by atoms with Gasteiger partial charge in [-0.25, -0.2) is 0 Å². The van der Waals surface area contributed by atoms with Gasteiger partial charge in [0.15, 0.2) is 0 Å².